The number of halogens is 1. The molecule has 148 valence electrons. The largest absolute Gasteiger partial charge is 0.438 e. The van der Waals surface area contributed by atoms with Crippen LogP contribution in [0.1, 0.15) is 36.0 Å². The van der Waals surface area contributed by atoms with Crippen molar-refractivity contribution in [2.75, 3.05) is 26.7 Å². The summed E-state index contributed by atoms with van der Waals surface area (Å²) in [5.74, 6) is -0.557. The third-order valence-electron chi connectivity index (χ3n) is 4.31. The van der Waals surface area contributed by atoms with Gasteiger partial charge >= 0.3 is 0 Å². The van der Waals surface area contributed by atoms with Gasteiger partial charge in [-0.25, -0.2) is 13.1 Å². The van der Waals surface area contributed by atoms with Crippen LogP contribution in [-0.2, 0) is 10.0 Å². The fourth-order valence-electron chi connectivity index (χ4n) is 2.81. The summed E-state index contributed by atoms with van der Waals surface area (Å²) in [7, 11) is -2.46. The standard InChI is InChI=1S/C18H24ClN3O4S/c1-4-22(5-2)15(13-8-6-7-9-14(13)19)12-21-18(23)16-10-11-17(26-16)27(24,25)20-3/h6-11,15,20H,4-5,12H2,1-3H3,(H,21,23). The highest BCUT2D eigenvalue weighted by molar-refractivity contribution is 7.89. The molecule has 1 heterocycles. The lowest BCUT2D eigenvalue weighted by molar-refractivity contribution is 0.0902. The topological polar surface area (TPSA) is 91.7 Å². The van der Waals surface area contributed by atoms with Crippen LogP contribution < -0.4 is 10.0 Å². The molecule has 1 atom stereocenters. The van der Waals surface area contributed by atoms with E-state index in [2.05, 4.69) is 14.9 Å². The van der Waals surface area contributed by atoms with Gasteiger partial charge in [-0.2, -0.15) is 0 Å². The van der Waals surface area contributed by atoms with Gasteiger partial charge in [0.05, 0.1) is 6.04 Å². The van der Waals surface area contributed by atoms with Crippen LogP contribution in [0.4, 0.5) is 0 Å². The van der Waals surface area contributed by atoms with Crippen LogP contribution in [0.2, 0.25) is 5.02 Å². The second-order valence-corrected chi connectivity index (χ2v) is 8.02. The number of rotatable bonds is 9. The Morgan fingerprint density at radius 2 is 1.85 bits per heavy atom. The summed E-state index contributed by atoms with van der Waals surface area (Å²) in [4.78, 5) is 14.6. The predicted octanol–water partition coefficient (Wildman–Crippen LogP) is 2.65. The van der Waals surface area contributed by atoms with E-state index in [1.165, 1.54) is 19.2 Å². The number of amides is 1. The van der Waals surface area contributed by atoms with E-state index in [9.17, 15) is 13.2 Å². The van der Waals surface area contributed by atoms with Gasteiger partial charge in [0, 0.05) is 11.6 Å². The molecular weight excluding hydrogens is 390 g/mol. The van der Waals surface area contributed by atoms with Crippen LogP contribution in [0.3, 0.4) is 0 Å². The Morgan fingerprint density at radius 3 is 2.44 bits per heavy atom. The van der Waals surface area contributed by atoms with Crippen LogP contribution in [0.15, 0.2) is 45.9 Å². The lowest BCUT2D eigenvalue weighted by Gasteiger charge is -2.30. The summed E-state index contributed by atoms with van der Waals surface area (Å²) in [6.07, 6.45) is 0. The molecule has 0 aliphatic heterocycles. The summed E-state index contributed by atoms with van der Waals surface area (Å²) < 4.78 is 30.8. The molecule has 0 spiro atoms. The van der Waals surface area contributed by atoms with Crippen molar-refractivity contribution in [1.82, 2.24) is 14.9 Å². The number of nitrogens with one attached hydrogen (secondary N) is 2. The molecular formula is C18H24ClN3O4S. The minimum Gasteiger partial charge on any atom is -0.438 e. The average molecular weight is 414 g/mol. The first-order valence-corrected chi connectivity index (χ1v) is 10.5. The first-order chi connectivity index (χ1) is 12.8. The fraction of sp³-hybridized carbons (Fsp3) is 0.389. The van der Waals surface area contributed by atoms with E-state index in [1.807, 2.05) is 38.1 Å². The zero-order chi connectivity index (χ0) is 20.0. The molecule has 1 amide bonds. The smallest absolute Gasteiger partial charge is 0.287 e. The molecule has 0 saturated heterocycles. The summed E-state index contributed by atoms with van der Waals surface area (Å²) >= 11 is 6.35. The Bertz CT molecular complexity index is 878. The normalized spacial score (nSPS) is 12.9. The number of carbonyl (C=O) groups excluding carboxylic acids is 1. The van der Waals surface area contributed by atoms with Gasteiger partial charge in [-0.15, -0.1) is 0 Å². The number of nitrogens with zero attached hydrogens (tertiary/aromatic N) is 1. The van der Waals surface area contributed by atoms with Crippen LogP contribution in [0.25, 0.3) is 0 Å². The maximum absolute atomic E-state index is 12.4. The molecule has 0 aliphatic carbocycles. The highest BCUT2D eigenvalue weighted by atomic mass is 35.5. The summed E-state index contributed by atoms with van der Waals surface area (Å²) in [5.41, 5.74) is 0.918. The van der Waals surface area contributed by atoms with Crippen molar-refractivity contribution in [3.63, 3.8) is 0 Å². The zero-order valence-corrected chi connectivity index (χ0v) is 17.1. The lowest BCUT2D eigenvalue weighted by atomic mass is 10.0. The third kappa shape index (κ3) is 5.10. The van der Waals surface area contributed by atoms with Crippen molar-refractivity contribution >= 4 is 27.5 Å². The van der Waals surface area contributed by atoms with Gasteiger partial charge in [-0.1, -0.05) is 43.6 Å². The molecule has 2 N–H and O–H groups in total. The van der Waals surface area contributed by atoms with Crippen molar-refractivity contribution in [3.8, 4) is 0 Å². The van der Waals surface area contributed by atoms with Crippen molar-refractivity contribution in [1.29, 1.82) is 0 Å². The minimum absolute atomic E-state index is 0.0683. The van der Waals surface area contributed by atoms with Crippen molar-refractivity contribution in [2.24, 2.45) is 0 Å². The van der Waals surface area contributed by atoms with Crippen molar-refractivity contribution in [3.05, 3.63) is 52.7 Å². The van der Waals surface area contributed by atoms with E-state index in [4.69, 9.17) is 16.0 Å². The Labute approximate surface area is 164 Å². The second kappa shape index (κ2) is 9.36. The van der Waals surface area contributed by atoms with E-state index in [0.717, 1.165) is 18.7 Å². The molecule has 0 bridgehead atoms. The second-order valence-electron chi connectivity index (χ2n) is 5.79. The Balaban J connectivity index is 2.17. The molecule has 1 aromatic carbocycles. The molecule has 7 nitrogen and oxygen atoms in total. The maximum Gasteiger partial charge on any atom is 0.287 e. The van der Waals surface area contributed by atoms with Crippen LogP contribution in [0.5, 0.6) is 0 Å². The molecule has 27 heavy (non-hydrogen) atoms. The number of hydrogen-bond acceptors (Lipinski definition) is 5. The highest BCUT2D eigenvalue weighted by Crippen LogP contribution is 2.27. The zero-order valence-electron chi connectivity index (χ0n) is 15.5. The Hall–Kier alpha value is -1.87. The van der Waals surface area contributed by atoms with Gasteiger partial charge in [-0.3, -0.25) is 9.69 Å². The monoisotopic (exact) mass is 413 g/mol. The first kappa shape index (κ1) is 21.4. The number of sulfonamides is 1. The van der Waals surface area contributed by atoms with Crippen LogP contribution in [0, 0.1) is 0 Å². The highest BCUT2D eigenvalue weighted by Gasteiger charge is 2.23. The van der Waals surface area contributed by atoms with E-state index in [0.29, 0.717) is 11.6 Å². The SMILES string of the molecule is CCN(CC)C(CNC(=O)c1ccc(S(=O)(=O)NC)o1)c1ccccc1Cl. The van der Waals surface area contributed by atoms with E-state index >= 15 is 0 Å². The van der Waals surface area contributed by atoms with Crippen molar-refractivity contribution in [2.45, 2.75) is 25.0 Å². The van der Waals surface area contributed by atoms with Crippen LogP contribution >= 0.6 is 11.6 Å². The lowest BCUT2D eigenvalue weighted by Crippen LogP contribution is -2.38. The minimum atomic E-state index is -3.73. The Morgan fingerprint density at radius 1 is 1.19 bits per heavy atom. The number of hydrogen-bond donors (Lipinski definition) is 2. The van der Waals surface area contributed by atoms with Gasteiger partial charge in [0.25, 0.3) is 15.9 Å². The average Bonchev–Trinajstić information content (AvgIpc) is 3.17. The van der Waals surface area contributed by atoms with Gasteiger partial charge in [-0.05, 0) is 43.9 Å². The fourth-order valence-corrected chi connectivity index (χ4v) is 3.72. The molecule has 2 aromatic rings. The molecule has 1 aromatic heterocycles. The molecule has 0 aliphatic rings. The van der Waals surface area contributed by atoms with Crippen molar-refractivity contribution < 1.29 is 17.6 Å². The quantitative estimate of drug-likeness (QED) is 0.659. The predicted molar refractivity (Wildman–Crippen MR) is 104 cm³/mol. The molecule has 9 heteroatoms. The van der Waals surface area contributed by atoms with Gasteiger partial charge in [0.15, 0.2) is 5.76 Å². The number of carbonyl (C=O) groups is 1. The number of benzene rings is 1. The molecule has 2 rings (SSSR count). The Kier molecular flexibility index (Phi) is 7.43. The van der Waals surface area contributed by atoms with Gasteiger partial charge < -0.3 is 9.73 Å². The molecule has 1 unspecified atom stereocenters. The van der Waals surface area contributed by atoms with E-state index < -0.39 is 15.9 Å². The molecule has 0 saturated carbocycles. The molecule has 0 fully saturated rings. The number of furan rings is 1. The summed E-state index contributed by atoms with van der Waals surface area (Å²) in [6, 6.07) is 9.97. The molecule has 0 radical (unpaired) electrons. The van der Waals surface area contributed by atoms with Gasteiger partial charge in [0.1, 0.15) is 0 Å². The number of likely N-dealkylation sites (N-methyl/N-ethyl adjacent to an activating group) is 1. The third-order valence-corrected chi connectivity index (χ3v) is 5.94. The first-order valence-electron chi connectivity index (χ1n) is 8.64. The van der Waals surface area contributed by atoms with Gasteiger partial charge in [0.2, 0.25) is 5.09 Å². The van der Waals surface area contributed by atoms with E-state index in [1.54, 1.807) is 0 Å². The van der Waals surface area contributed by atoms with Crippen LogP contribution in [-0.4, -0.2) is 45.9 Å². The maximum atomic E-state index is 12.4. The summed E-state index contributed by atoms with van der Waals surface area (Å²) in [6.45, 7) is 5.95. The van der Waals surface area contributed by atoms with E-state index in [-0.39, 0.29) is 16.9 Å². The summed E-state index contributed by atoms with van der Waals surface area (Å²) in [5, 5.41) is 3.13.